The largest absolute Gasteiger partial charge is 2.00 e. The van der Waals surface area contributed by atoms with Crippen LogP contribution in [0.1, 0.15) is 2.85 Å². The van der Waals surface area contributed by atoms with Crippen molar-refractivity contribution in [2.45, 2.75) is 0 Å². The number of phosphoric acid groups is 6. The van der Waals surface area contributed by atoms with Gasteiger partial charge in [-0.1, -0.05) is 0 Å². The Balaban J connectivity index is -0.0000000686. The second-order valence-corrected chi connectivity index (χ2v) is 11.0. The first-order valence-electron chi connectivity index (χ1n) is 4.59. The summed E-state index contributed by atoms with van der Waals surface area (Å²) in [5.74, 6) is 0. The standard InChI is InChI=1S/Ca.3H4O7P2.2H/c;3*1-8(2,3)7-9(4,5)6;;/h;3*(H2,1,2,3)(H2,4,5,6);;/q+2;;;;2*-1. The predicted molar refractivity (Wildman–Crippen MR) is 83.5 cm³/mol. The van der Waals surface area contributed by atoms with E-state index in [0.29, 0.717) is 0 Å². The maximum Gasteiger partial charge on any atom is 2.00 e. The molecule has 21 nitrogen and oxygen atoms in total. The molecule has 0 rings (SSSR count). The van der Waals surface area contributed by atoms with Gasteiger partial charge in [0.15, 0.2) is 0 Å². The summed E-state index contributed by atoms with van der Waals surface area (Å²) in [4.78, 5) is 93.0. The first-order chi connectivity index (χ1) is 11.1. The van der Waals surface area contributed by atoms with Gasteiger partial charge in [-0.25, -0.2) is 27.4 Å². The topological polar surface area (TPSA) is 373 Å². The van der Waals surface area contributed by atoms with Gasteiger partial charge in [-0.15, -0.1) is 0 Å². The fraction of sp³-hybridized carbons (Fsp3) is 0. The number of hydrogen-bond donors (Lipinski definition) is 12. The minimum absolute atomic E-state index is 0. The van der Waals surface area contributed by atoms with Crippen LogP contribution in [0.4, 0.5) is 0 Å². The maximum atomic E-state index is 9.63. The molecule has 0 amide bonds. The summed E-state index contributed by atoms with van der Waals surface area (Å²) in [5.41, 5.74) is 0. The van der Waals surface area contributed by atoms with Gasteiger partial charge in [-0.3, -0.25) is 0 Å². The van der Waals surface area contributed by atoms with Crippen molar-refractivity contribution in [2.75, 3.05) is 0 Å². The van der Waals surface area contributed by atoms with Crippen LogP contribution in [0.2, 0.25) is 0 Å². The summed E-state index contributed by atoms with van der Waals surface area (Å²) in [7, 11) is -30.3. The minimum atomic E-state index is -5.05. The molecule has 172 valence electrons. The van der Waals surface area contributed by atoms with Crippen LogP contribution in [-0.2, 0) is 40.3 Å². The van der Waals surface area contributed by atoms with Crippen molar-refractivity contribution in [3.63, 3.8) is 0 Å². The molecule has 0 aliphatic carbocycles. The zero-order chi connectivity index (χ0) is 23.1. The third kappa shape index (κ3) is 51.0. The van der Waals surface area contributed by atoms with E-state index in [1.807, 2.05) is 0 Å². The summed E-state index contributed by atoms with van der Waals surface area (Å²) in [6, 6.07) is 0. The van der Waals surface area contributed by atoms with Crippen molar-refractivity contribution in [1.29, 1.82) is 0 Å². The normalized spacial score (nSPS) is 13.3. The molecule has 0 aromatic heterocycles. The minimum Gasteiger partial charge on any atom is -1.00 e. The summed E-state index contributed by atoms with van der Waals surface area (Å²) < 4.78 is 66.6. The molecule has 0 bridgehead atoms. The molecule has 28 heavy (non-hydrogen) atoms. The van der Waals surface area contributed by atoms with Crippen molar-refractivity contribution in [3.05, 3.63) is 0 Å². The summed E-state index contributed by atoms with van der Waals surface area (Å²) in [6.45, 7) is 0. The van der Waals surface area contributed by atoms with Gasteiger partial charge in [0.05, 0.1) is 0 Å². The molecule has 0 aliphatic heterocycles. The van der Waals surface area contributed by atoms with Crippen LogP contribution in [0.3, 0.4) is 0 Å². The number of rotatable bonds is 6. The van der Waals surface area contributed by atoms with Gasteiger partial charge in [-0.05, 0) is 0 Å². The third-order valence-electron chi connectivity index (χ3n) is 0.638. The Bertz CT molecular complexity index is 559. The third-order valence-corrected chi connectivity index (χ3v) is 5.74. The Morgan fingerprint density at radius 3 is 0.429 bits per heavy atom. The van der Waals surface area contributed by atoms with Crippen molar-refractivity contribution in [3.8, 4) is 0 Å². The van der Waals surface area contributed by atoms with Crippen LogP contribution in [0.5, 0.6) is 0 Å². The van der Waals surface area contributed by atoms with Gasteiger partial charge in [0.25, 0.3) is 0 Å². The number of hydrogen-bond acceptors (Lipinski definition) is 9. The second-order valence-electron chi connectivity index (χ2n) is 3.19. The van der Waals surface area contributed by atoms with Crippen LogP contribution in [0, 0.1) is 0 Å². The molecule has 0 aromatic rings. The first kappa shape index (κ1) is 37.4. The van der Waals surface area contributed by atoms with Crippen molar-refractivity contribution < 1.29 is 102 Å². The van der Waals surface area contributed by atoms with Crippen molar-refractivity contribution in [2.24, 2.45) is 0 Å². The van der Waals surface area contributed by atoms with Crippen molar-refractivity contribution >= 4 is 84.7 Å². The molecule has 0 saturated heterocycles. The van der Waals surface area contributed by atoms with Gasteiger partial charge in [0.1, 0.15) is 0 Å². The van der Waals surface area contributed by atoms with Crippen LogP contribution in [-0.4, -0.2) is 96.5 Å². The van der Waals surface area contributed by atoms with Gasteiger partial charge in [0.2, 0.25) is 0 Å². The van der Waals surface area contributed by atoms with Crippen LogP contribution in [0.15, 0.2) is 0 Å². The Kier molecular flexibility index (Phi) is 18.1. The molecule has 0 spiro atoms. The molecule has 0 unspecified atom stereocenters. The van der Waals surface area contributed by atoms with Gasteiger partial charge >= 0.3 is 84.7 Å². The van der Waals surface area contributed by atoms with Crippen LogP contribution >= 0.6 is 46.9 Å². The molecule has 0 fully saturated rings. The van der Waals surface area contributed by atoms with Crippen LogP contribution in [0.25, 0.3) is 0 Å². The maximum absolute atomic E-state index is 9.63. The average molecular weight is 576 g/mol. The fourth-order valence-electron chi connectivity index (χ4n) is 0.416. The Morgan fingerprint density at radius 2 is 0.429 bits per heavy atom. The van der Waals surface area contributed by atoms with Crippen molar-refractivity contribution in [1.82, 2.24) is 0 Å². The Labute approximate surface area is 186 Å². The molecule has 0 saturated carbocycles. The van der Waals surface area contributed by atoms with E-state index in [0.717, 1.165) is 0 Å². The quantitative estimate of drug-likeness (QED) is 0.114. The average Bonchev–Trinajstić information content (AvgIpc) is 1.96. The first-order valence-corrected chi connectivity index (χ1v) is 13.8. The molecular formula is H14CaO21P6. The zero-order valence-electron chi connectivity index (χ0n) is 14.4. The predicted octanol–water partition coefficient (Wildman–Crippen LogP) is -2.59. The summed E-state index contributed by atoms with van der Waals surface area (Å²) in [5, 5.41) is 0. The van der Waals surface area contributed by atoms with E-state index in [1.54, 1.807) is 0 Å². The molecular weight excluding hydrogens is 562 g/mol. The Hall–Kier alpha value is 2.04. The summed E-state index contributed by atoms with van der Waals surface area (Å²) >= 11 is 0. The fourth-order valence-corrected chi connectivity index (χ4v) is 3.74. The zero-order valence-corrected chi connectivity index (χ0v) is 20.0. The van der Waals surface area contributed by atoms with Crippen LogP contribution < -0.4 is 0 Å². The summed E-state index contributed by atoms with van der Waals surface area (Å²) in [6.07, 6.45) is 0. The SMILES string of the molecule is O=P(O)(O)OP(=O)(O)O.O=P(O)(O)OP(=O)(O)O.O=P(O)(O)OP(=O)(O)O.[Ca+2].[H-].[H-]. The molecule has 0 radical (unpaired) electrons. The van der Waals surface area contributed by atoms with E-state index >= 15 is 0 Å². The molecule has 12 N–H and O–H groups in total. The molecule has 0 aliphatic rings. The monoisotopic (exact) mass is 576 g/mol. The van der Waals surface area contributed by atoms with E-state index in [4.69, 9.17) is 58.7 Å². The molecule has 0 aromatic carbocycles. The van der Waals surface area contributed by atoms with Gasteiger partial charge in [-0.2, -0.15) is 12.9 Å². The Morgan fingerprint density at radius 1 is 0.357 bits per heavy atom. The van der Waals surface area contributed by atoms with E-state index in [9.17, 15) is 27.4 Å². The smallest absolute Gasteiger partial charge is 1.00 e. The van der Waals surface area contributed by atoms with Gasteiger partial charge < -0.3 is 61.6 Å². The van der Waals surface area contributed by atoms with E-state index in [-0.39, 0.29) is 40.6 Å². The van der Waals surface area contributed by atoms with E-state index in [2.05, 4.69) is 12.9 Å². The van der Waals surface area contributed by atoms with Gasteiger partial charge in [0, 0.05) is 0 Å². The second kappa shape index (κ2) is 13.6. The van der Waals surface area contributed by atoms with E-state index in [1.165, 1.54) is 0 Å². The molecule has 0 atom stereocenters. The molecule has 0 heterocycles. The molecule has 28 heteroatoms. The van der Waals surface area contributed by atoms with E-state index < -0.39 is 46.9 Å².